The van der Waals surface area contributed by atoms with Crippen LogP contribution < -0.4 is 0 Å². The van der Waals surface area contributed by atoms with Crippen LogP contribution in [-0.2, 0) is 4.74 Å². The molecule has 25 heavy (non-hydrogen) atoms. The van der Waals surface area contributed by atoms with Gasteiger partial charge in [-0.2, -0.15) is 0 Å². The highest BCUT2D eigenvalue weighted by atomic mass is 16.6. The summed E-state index contributed by atoms with van der Waals surface area (Å²) in [6.07, 6.45) is 11.3. The van der Waals surface area contributed by atoms with Gasteiger partial charge in [-0.05, 0) is 74.7 Å². The zero-order chi connectivity index (χ0) is 17.0. The van der Waals surface area contributed by atoms with E-state index in [1.54, 1.807) is 0 Å². The largest absolute Gasteiger partial charge is 0.446 e. The molecule has 0 N–H and O–H groups in total. The Morgan fingerprint density at radius 2 is 1.72 bits per heavy atom. The minimum atomic E-state index is -0.105. The fourth-order valence-corrected chi connectivity index (χ4v) is 6.01. The second-order valence-electron chi connectivity index (χ2n) is 8.83. The molecule has 2 heterocycles. The number of ether oxygens (including phenoxy) is 1. The van der Waals surface area contributed by atoms with E-state index in [0.717, 1.165) is 36.2 Å². The topological polar surface area (TPSA) is 55.3 Å². The monoisotopic (exact) mass is 341 g/mol. The lowest BCUT2D eigenvalue weighted by molar-refractivity contribution is -0.101. The summed E-state index contributed by atoms with van der Waals surface area (Å²) in [6.45, 7) is 3.44. The number of hydrogen-bond donors (Lipinski definition) is 0. The van der Waals surface area contributed by atoms with Gasteiger partial charge in [-0.3, -0.25) is 0 Å². The van der Waals surface area contributed by atoms with E-state index in [9.17, 15) is 4.79 Å². The highest BCUT2D eigenvalue weighted by Crippen LogP contribution is 2.54. The summed E-state index contributed by atoms with van der Waals surface area (Å²) < 4.78 is 6.06. The molecule has 0 aromatic carbocycles. The molecule has 1 aromatic heterocycles. The van der Waals surface area contributed by atoms with E-state index in [1.165, 1.54) is 32.1 Å². The van der Waals surface area contributed by atoms with Gasteiger partial charge in [0.15, 0.2) is 0 Å². The number of carbonyl (C=O) groups excluding carboxylic acids is 1. The van der Waals surface area contributed by atoms with Crippen molar-refractivity contribution >= 4 is 6.09 Å². The number of nitrogens with zero attached hydrogens (tertiary/aromatic N) is 3. The fraction of sp³-hybridized carbons (Fsp3) is 0.750. The van der Waals surface area contributed by atoms with Gasteiger partial charge in [0.05, 0.1) is 0 Å². The molecule has 4 saturated carbocycles. The first-order valence-corrected chi connectivity index (χ1v) is 9.90. The number of aromatic nitrogens is 2. The van der Waals surface area contributed by atoms with Crippen LogP contribution in [0, 0.1) is 30.6 Å². The average molecular weight is 341 g/mol. The van der Waals surface area contributed by atoms with Crippen LogP contribution in [0.1, 0.15) is 55.8 Å². The van der Waals surface area contributed by atoms with Crippen molar-refractivity contribution in [3.05, 3.63) is 23.8 Å². The van der Waals surface area contributed by atoms with Gasteiger partial charge in [0, 0.05) is 31.4 Å². The third kappa shape index (κ3) is 2.81. The highest BCUT2D eigenvalue weighted by molar-refractivity contribution is 5.68. The van der Waals surface area contributed by atoms with Gasteiger partial charge in [-0.25, -0.2) is 14.8 Å². The lowest BCUT2D eigenvalue weighted by Crippen LogP contribution is -2.51. The van der Waals surface area contributed by atoms with E-state index in [0.29, 0.717) is 18.4 Å². The van der Waals surface area contributed by atoms with E-state index in [1.807, 2.05) is 24.2 Å². The van der Waals surface area contributed by atoms with E-state index < -0.39 is 0 Å². The van der Waals surface area contributed by atoms with Gasteiger partial charge in [-0.1, -0.05) is 0 Å². The van der Waals surface area contributed by atoms with E-state index >= 15 is 0 Å². The third-order valence-electron chi connectivity index (χ3n) is 6.99. The summed E-state index contributed by atoms with van der Waals surface area (Å²) in [7, 11) is 0. The number of amides is 1. The van der Waals surface area contributed by atoms with E-state index in [4.69, 9.17) is 4.74 Å². The molecule has 1 aliphatic heterocycles. The molecule has 1 amide bonds. The lowest BCUT2D eigenvalue weighted by Gasteiger charge is -2.53. The predicted octanol–water partition coefficient (Wildman–Crippen LogP) is 3.54. The molecule has 5 heteroatoms. The molecule has 4 aliphatic carbocycles. The Labute approximate surface area is 149 Å². The van der Waals surface area contributed by atoms with Crippen LogP contribution in [0.15, 0.2) is 12.4 Å². The van der Waals surface area contributed by atoms with Gasteiger partial charge in [0.2, 0.25) is 0 Å². The van der Waals surface area contributed by atoms with Crippen molar-refractivity contribution in [1.29, 1.82) is 0 Å². The zero-order valence-corrected chi connectivity index (χ0v) is 14.9. The smallest absolute Gasteiger partial charge is 0.410 e. The molecule has 0 spiro atoms. The molecule has 134 valence electrons. The number of aryl methyl sites for hydroxylation is 1. The fourth-order valence-electron chi connectivity index (χ4n) is 6.01. The van der Waals surface area contributed by atoms with Gasteiger partial charge < -0.3 is 9.64 Å². The predicted molar refractivity (Wildman–Crippen MR) is 93.0 cm³/mol. The lowest BCUT2D eigenvalue weighted by atomic mass is 9.55. The van der Waals surface area contributed by atoms with Crippen molar-refractivity contribution in [2.45, 2.75) is 57.5 Å². The van der Waals surface area contributed by atoms with Crippen LogP contribution >= 0.6 is 0 Å². The maximum atomic E-state index is 12.7. The minimum Gasteiger partial charge on any atom is -0.446 e. The first-order chi connectivity index (χ1) is 12.2. The number of rotatable bonds is 2. The van der Waals surface area contributed by atoms with Crippen LogP contribution in [0.2, 0.25) is 0 Å². The molecular formula is C20H27N3O2. The van der Waals surface area contributed by atoms with Crippen molar-refractivity contribution in [1.82, 2.24) is 14.9 Å². The molecule has 1 aromatic rings. The van der Waals surface area contributed by atoms with Crippen molar-refractivity contribution in [3.8, 4) is 0 Å². The molecule has 4 bridgehead atoms. The molecule has 6 rings (SSSR count). The van der Waals surface area contributed by atoms with Gasteiger partial charge in [-0.15, -0.1) is 0 Å². The summed E-state index contributed by atoms with van der Waals surface area (Å²) in [5.41, 5.74) is 1.07. The minimum absolute atomic E-state index is 0.105. The molecule has 5 nitrogen and oxygen atoms in total. The first-order valence-electron chi connectivity index (χ1n) is 9.90. The average Bonchev–Trinajstić information content (AvgIpc) is 3.08. The van der Waals surface area contributed by atoms with Gasteiger partial charge in [0.25, 0.3) is 0 Å². The second kappa shape index (κ2) is 5.96. The molecule has 5 fully saturated rings. The Morgan fingerprint density at radius 3 is 2.36 bits per heavy atom. The Hall–Kier alpha value is -1.65. The summed E-state index contributed by atoms with van der Waals surface area (Å²) in [6, 6.07) is 0. The molecule has 1 saturated heterocycles. The Balaban J connectivity index is 1.21. The van der Waals surface area contributed by atoms with Crippen LogP contribution in [0.4, 0.5) is 4.79 Å². The van der Waals surface area contributed by atoms with Crippen molar-refractivity contribution in [2.75, 3.05) is 13.1 Å². The molecular weight excluding hydrogens is 314 g/mol. The maximum absolute atomic E-state index is 12.7. The molecule has 0 radical (unpaired) electrons. The van der Waals surface area contributed by atoms with Crippen LogP contribution in [0.3, 0.4) is 0 Å². The standard InChI is InChI=1S/C20H27N3O2/c1-12-9-21-19(22-10-12)15-2-3-23(11-15)20(24)25-18-16-5-13-4-14(7-16)8-17(18)6-13/h9-10,13-18H,2-8,11H2,1H3. The first kappa shape index (κ1) is 15.6. The number of likely N-dealkylation sites (tertiary alicyclic amines) is 1. The molecule has 1 unspecified atom stereocenters. The van der Waals surface area contributed by atoms with Crippen LogP contribution in [0.5, 0.6) is 0 Å². The highest BCUT2D eigenvalue weighted by Gasteiger charge is 2.50. The Bertz CT molecular complexity index is 631. The zero-order valence-electron chi connectivity index (χ0n) is 14.9. The maximum Gasteiger partial charge on any atom is 0.410 e. The molecule has 1 atom stereocenters. The number of hydrogen-bond acceptors (Lipinski definition) is 4. The SMILES string of the molecule is Cc1cnc(C2CCN(C(=O)OC3C4CC5CC(C4)CC3C5)C2)nc1. The molecule has 5 aliphatic rings. The second-order valence-corrected chi connectivity index (χ2v) is 8.83. The van der Waals surface area contributed by atoms with Crippen LogP contribution in [0.25, 0.3) is 0 Å². The Kier molecular flexibility index (Phi) is 3.72. The van der Waals surface area contributed by atoms with Crippen LogP contribution in [-0.4, -0.2) is 40.2 Å². The quantitative estimate of drug-likeness (QED) is 0.826. The van der Waals surface area contributed by atoms with Crippen molar-refractivity contribution < 1.29 is 9.53 Å². The number of carbonyl (C=O) groups is 1. The summed E-state index contributed by atoms with van der Waals surface area (Å²) in [4.78, 5) is 23.5. The van der Waals surface area contributed by atoms with Crippen molar-refractivity contribution in [2.24, 2.45) is 23.7 Å². The normalized spacial score (nSPS) is 39.0. The summed E-state index contributed by atoms with van der Waals surface area (Å²) in [5, 5.41) is 0. The van der Waals surface area contributed by atoms with Gasteiger partial charge >= 0.3 is 6.09 Å². The van der Waals surface area contributed by atoms with Gasteiger partial charge in [0.1, 0.15) is 11.9 Å². The summed E-state index contributed by atoms with van der Waals surface area (Å²) in [5.74, 6) is 4.17. The third-order valence-corrected chi connectivity index (χ3v) is 6.99. The van der Waals surface area contributed by atoms with Crippen molar-refractivity contribution in [3.63, 3.8) is 0 Å². The Morgan fingerprint density at radius 1 is 1.08 bits per heavy atom. The summed E-state index contributed by atoms with van der Waals surface area (Å²) >= 11 is 0. The van der Waals surface area contributed by atoms with E-state index in [-0.39, 0.29) is 18.1 Å². The van der Waals surface area contributed by atoms with E-state index in [2.05, 4.69) is 9.97 Å².